The molecule has 0 aliphatic heterocycles. The van der Waals surface area contributed by atoms with Crippen LogP contribution in [-0.2, 0) is 0 Å². The van der Waals surface area contributed by atoms with Gasteiger partial charge in [0.15, 0.2) is 0 Å². The van der Waals surface area contributed by atoms with Crippen LogP contribution >= 0.6 is 23.1 Å². The summed E-state index contributed by atoms with van der Waals surface area (Å²) < 4.78 is 1.25. The molecule has 0 saturated heterocycles. The summed E-state index contributed by atoms with van der Waals surface area (Å²) in [6, 6.07) is 0.661. The molecule has 19 heavy (non-hydrogen) atoms. The molecule has 2 nitrogen and oxygen atoms in total. The van der Waals surface area contributed by atoms with E-state index in [9.17, 15) is 0 Å². The molecule has 2 rings (SSSR count). The van der Waals surface area contributed by atoms with Gasteiger partial charge in [0.2, 0.25) is 0 Å². The minimum atomic E-state index is 0.661. The highest BCUT2D eigenvalue weighted by Gasteiger charge is 2.32. The van der Waals surface area contributed by atoms with E-state index in [0.29, 0.717) is 11.3 Å². The molecule has 0 amide bonds. The average Bonchev–Trinajstić information content (AvgIpc) is 2.77. The Balaban J connectivity index is 2.02. The van der Waals surface area contributed by atoms with Crippen LogP contribution in [0.3, 0.4) is 0 Å². The van der Waals surface area contributed by atoms with Crippen molar-refractivity contribution >= 4 is 23.1 Å². The van der Waals surface area contributed by atoms with Crippen LogP contribution in [0.25, 0.3) is 0 Å². The zero-order valence-corrected chi connectivity index (χ0v) is 14.1. The van der Waals surface area contributed by atoms with Crippen LogP contribution in [0.1, 0.15) is 45.7 Å². The van der Waals surface area contributed by atoms with Gasteiger partial charge in [-0.15, -0.1) is 11.3 Å². The highest BCUT2D eigenvalue weighted by atomic mass is 32.2. The Hall–Kier alpha value is -0.0600. The van der Waals surface area contributed by atoms with Crippen molar-refractivity contribution in [1.82, 2.24) is 10.3 Å². The molecule has 3 unspecified atom stereocenters. The second-order valence-electron chi connectivity index (χ2n) is 5.89. The molecule has 0 spiro atoms. The Labute approximate surface area is 125 Å². The summed E-state index contributed by atoms with van der Waals surface area (Å²) in [5.41, 5.74) is 1.16. The SMILES string of the molecule is CCNC1CCC(C(C)C)CC1Sc1nc(C)cs1. The maximum absolute atomic E-state index is 4.62. The van der Waals surface area contributed by atoms with E-state index in [-0.39, 0.29) is 0 Å². The van der Waals surface area contributed by atoms with E-state index in [4.69, 9.17) is 0 Å². The molecule has 1 aliphatic carbocycles. The Kier molecular flexibility index (Phi) is 5.72. The number of thioether (sulfide) groups is 1. The van der Waals surface area contributed by atoms with Gasteiger partial charge in [0.25, 0.3) is 0 Å². The molecule has 108 valence electrons. The quantitative estimate of drug-likeness (QED) is 0.875. The predicted octanol–water partition coefficient (Wildman–Crippen LogP) is 4.35. The summed E-state index contributed by atoms with van der Waals surface area (Å²) in [6.45, 7) is 10.1. The van der Waals surface area contributed by atoms with Crippen LogP contribution in [0.2, 0.25) is 0 Å². The van der Waals surface area contributed by atoms with Gasteiger partial charge in [-0.05, 0) is 44.6 Å². The molecule has 1 aromatic rings. The standard InChI is InChI=1S/C15H26N2S2/c1-5-16-13-7-6-12(10(2)3)8-14(13)19-15-17-11(4)9-18-15/h9-10,12-14,16H,5-8H2,1-4H3. The molecule has 0 bridgehead atoms. The Morgan fingerprint density at radius 2 is 2.26 bits per heavy atom. The van der Waals surface area contributed by atoms with Crippen molar-refractivity contribution in [1.29, 1.82) is 0 Å². The molecule has 4 heteroatoms. The van der Waals surface area contributed by atoms with E-state index in [1.807, 2.05) is 11.8 Å². The van der Waals surface area contributed by atoms with Gasteiger partial charge in [0.1, 0.15) is 4.34 Å². The van der Waals surface area contributed by atoms with Crippen LogP contribution in [0, 0.1) is 18.8 Å². The van der Waals surface area contributed by atoms with Crippen molar-refractivity contribution in [3.8, 4) is 0 Å². The van der Waals surface area contributed by atoms with E-state index in [1.165, 1.54) is 23.6 Å². The van der Waals surface area contributed by atoms with Gasteiger partial charge in [0.05, 0.1) is 0 Å². The van der Waals surface area contributed by atoms with Crippen LogP contribution in [0.5, 0.6) is 0 Å². The molecule has 1 aliphatic rings. The monoisotopic (exact) mass is 298 g/mol. The van der Waals surface area contributed by atoms with Crippen LogP contribution in [0.15, 0.2) is 9.72 Å². The zero-order chi connectivity index (χ0) is 13.8. The van der Waals surface area contributed by atoms with Crippen LogP contribution in [0.4, 0.5) is 0 Å². The van der Waals surface area contributed by atoms with Gasteiger partial charge in [0, 0.05) is 22.4 Å². The second kappa shape index (κ2) is 7.09. The third-order valence-electron chi connectivity index (χ3n) is 4.09. The fourth-order valence-electron chi connectivity index (χ4n) is 2.91. The highest BCUT2D eigenvalue weighted by Crippen LogP contribution is 2.39. The molecular formula is C15H26N2S2. The lowest BCUT2D eigenvalue weighted by Gasteiger charge is -2.37. The van der Waals surface area contributed by atoms with E-state index < -0.39 is 0 Å². The van der Waals surface area contributed by atoms with Crippen molar-refractivity contribution in [2.75, 3.05) is 6.54 Å². The van der Waals surface area contributed by atoms with Gasteiger partial charge >= 0.3 is 0 Å². The number of nitrogens with one attached hydrogen (secondary N) is 1. The van der Waals surface area contributed by atoms with Crippen molar-refractivity contribution in [3.63, 3.8) is 0 Å². The fourth-order valence-corrected chi connectivity index (χ4v) is 5.36. The van der Waals surface area contributed by atoms with Crippen LogP contribution < -0.4 is 5.32 Å². The molecule has 3 atom stereocenters. The van der Waals surface area contributed by atoms with Gasteiger partial charge < -0.3 is 5.32 Å². The normalized spacial score (nSPS) is 27.9. The summed E-state index contributed by atoms with van der Waals surface area (Å²) in [4.78, 5) is 4.62. The smallest absolute Gasteiger partial charge is 0.150 e. The maximum atomic E-state index is 4.62. The molecule has 0 aromatic carbocycles. The first-order valence-electron chi connectivity index (χ1n) is 7.42. The summed E-state index contributed by atoms with van der Waals surface area (Å²) in [7, 11) is 0. The van der Waals surface area contributed by atoms with E-state index in [2.05, 4.69) is 43.4 Å². The minimum Gasteiger partial charge on any atom is -0.313 e. The Bertz CT molecular complexity index is 389. The van der Waals surface area contributed by atoms with E-state index >= 15 is 0 Å². The van der Waals surface area contributed by atoms with Gasteiger partial charge in [-0.2, -0.15) is 0 Å². The first kappa shape index (κ1) is 15.3. The molecule has 1 aromatic heterocycles. The Morgan fingerprint density at radius 3 is 2.84 bits per heavy atom. The lowest BCUT2D eigenvalue weighted by molar-refractivity contribution is 0.247. The number of hydrogen-bond acceptors (Lipinski definition) is 4. The summed E-state index contributed by atoms with van der Waals surface area (Å²) in [6.07, 6.45) is 4.03. The van der Waals surface area contributed by atoms with Crippen molar-refractivity contribution in [2.24, 2.45) is 11.8 Å². The topological polar surface area (TPSA) is 24.9 Å². The van der Waals surface area contributed by atoms with Gasteiger partial charge in [-0.25, -0.2) is 4.98 Å². The molecule has 1 saturated carbocycles. The van der Waals surface area contributed by atoms with Gasteiger partial charge in [-0.3, -0.25) is 0 Å². The number of thiazole rings is 1. The van der Waals surface area contributed by atoms with E-state index in [0.717, 1.165) is 24.1 Å². The van der Waals surface area contributed by atoms with Gasteiger partial charge in [-0.1, -0.05) is 32.5 Å². The molecule has 1 heterocycles. The summed E-state index contributed by atoms with van der Waals surface area (Å²) in [5.74, 6) is 1.69. The largest absolute Gasteiger partial charge is 0.313 e. The summed E-state index contributed by atoms with van der Waals surface area (Å²) in [5, 5.41) is 6.52. The molecule has 0 radical (unpaired) electrons. The first-order chi connectivity index (χ1) is 9.10. The number of aryl methyl sites for hydroxylation is 1. The molecule has 1 fully saturated rings. The second-order valence-corrected chi connectivity index (χ2v) is 8.24. The molecular weight excluding hydrogens is 272 g/mol. The molecule has 1 N–H and O–H groups in total. The first-order valence-corrected chi connectivity index (χ1v) is 9.18. The lowest BCUT2D eigenvalue weighted by Crippen LogP contribution is -2.43. The van der Waals surface area contributed by atoms with Crippen molar-refractivity contribution in [3.05, 3.63) is 11.1 Å². The lowest BCUT2D eigenvalue weighted by atomic mass is 9.79. The Morgan fingerprint density at radius 1 is 1.47 bits per heavy atom. The third-order valence-corrected chi connectivity index (χ3v) is 6.54. The number of hydrogen-bond donors (Lipinski definition) is 1. The van der Waals surface area contributed by atoms with Crippen molar-refractivity contribution < 1.29 is 0 Å². The maximum Gasteiger partial charge on any atom is 0.150 e. The number of nitrogens with zero attached hydrogens (tertiary/aromatic N) is 1. The third kappa shape index (κ3) is 4.20. The summed E-state index contributed by atoms with van der Waals surface area (Å²) >= 11 is 3.80. The number of rotatable bonds is 5. The zero-order valence-electron chi connectivity index (χ0n) is 12.5. The van der Waals surface area contributed by atoms with Crippen LogP contribution in [-0.4, -0.2) is 22.8 Å². The van der Waals surface area contributed by atoms with E-state index in [1.54, 1.807) is 11.3 Å². The number of aromatic nitrogens is 1. The minimum absolute atomic E-state index is 0.661. The van der Waals surface area contributed by atoms with Crippen molar-refractivity contribution in [2.45, 2.75) is 62.6 Å². The fraction of sp³-hybridized carbons (Fsp3) is 0.800. The highest BCUT2D eigenvalue weighted by molar-refractivity contribution is 8.01. The predicted molar refractivity (Wildman–Crippen MR) is 86.1 cm³/mol. The average molecular weight is 299 g/mol.